The Labute approximate surface area is 144 Å². The third kappa shape index (κ3) is 5.74. The molecule has 8 heteroatoms. The third-order valence-electron chi connectivity index (χ3n) is 3.54. The molecule has 2 aliphatic heterocycles. The van der Waals surface area contributed by atoms with Crippen LogP contribution in [0.2, 0.25) is 58.9 Å². The lowest BCUT2D eigenvalue weighted by atomic mass is 10.0. The van der Waals surface area contributed by atoms with Gasteiger partial charge in [0.25, 0.3) is 0 Å². The fourth-order valence-electron chi connectivity index (χ4n) is 2.85. The van der Waals surface area contributed by atoms with Crippen LogP contribution in [-0.4, -0.2) is 62.3 Å². The van der Waals surface area contributed by atoms with Crippen LogP contribution in [0.25, 0.3) is 0 Å². The van der Waals surface area contributed by atoms with Gasteiger partial charge in [-0.3, -0.25) is 0 Å². The van der Waals surface area contributed by atoms with E-state index in [1.165, 1.54) is 0 Å². The van der Waals surface area contributed by atoms with Crippen molar-refractivity contribution < 1.29 is 22.8 Å². The SMILES string of the molecule is C[Si](C)(C)OC[C@H]1OC2O[C@H]1[C@H](O[Si](C)(C)C)[C@H]2O[Si](C)(C)C. The summed E-state index contributed by atoms with van der Waals surface area (Å²) in [5.74, 6) is 0. The molecule has 5 atom stereocenters. The highest BCUT2D eigenvalue weighted by molar-refractivity contribution is 6.70. The lowest BCUT2D eigenvalue weighted by Crippen LogP contribution is -2.55. The molecule has 2 bridgehead atoms. The van der Waals surface area contributed by atoms with E-state index < -0.39 is 25.0 Å². The first-order valence-corrected chi connectivity index (χ1v) is 18.8. The molecule has 0 amide bonds. The van der Waals surface area contributed by atoms with Crippen molar-refractivity contribution in [1.82, 2.24) is 0 Å². The Bertz CT molecular complexity index is 411. The number of hydrogen-bond acceptors (Lipinski definition) is 5. The Hall–Kier alpha value is 0.451. The minimum absolute atomic E-state index is 0.0395. The van der Waals surface area contributed by atoms with Crippen molar-refractivity contribution in [3.63, 3.8) is 0 Å². The summed E-state index contributed by atoms with van der Waals surface area (Å²) in [4.78, 5) is 0. The molecule has 5 nitrogen and oxygen atoms in total. The second kappa shape index (κ2) is 6.64. The van der Waals surface area contributed by atoms with Gasteiger partial charge in [-0.1, -0.05) is 0 Å². The van der Waals surface area contributed by atoms with E-state index in [1.807, 2.05) is 0 Å². The fraction of sp³-hybridized carbons (Fsp3) is 1.00. The second-order valence-corrected chi connectivity index (χ2v) is 22.9. The van der Waals surface area contributed by atoms with Crippen LogP contribution in [0.5, 0.6) is 0 Å². The molecule has 2 saturated heterocycles. The smallest absolute Gasteiger partial charge is 0.186 e. The summed E-state index contributed by atoms with van der Waals surface area (Å²) in [6.07, 6.45) is -0.591. The van der Waals surface area contributed by atoms with E-state index in [1.54, 1.807) is 0 Å². The zero-order chi connectivity index (χ0) is 17.6. The van der Waals surface area contributed by atoms with E-state index in [4.69, 9.17) is 22.8 Å². The van der Waals surface area contributed by atoms with Crippen LogP contribution in [-0.2, 0) is 22.8 Å². The number of fused-ring (bicyclic) bond motifs is 2. The number of rotatable bonds is 7. The summed E-state index contributed by atoms with van der Waals surface area (Å²) in [6, 6.07) is 0. The molecule has 0 radical (unpaired) electrons. The van der Waals surface area contributed by atoms with Gasteiger partial charge >= 0.3 is 0 Å². The molecule has 2 aliphatic rings. The van der Waals surface area contributed by atoms with Gasteiger partial charge in [-0.2, -0.15) is 0 Å². The van der Waals surface area contributed by atoms with E-state index in [-0.39, 0.29) is 30.7 Å². The Balaban J connectivity index is 2.08. The minimum atomic E-state index is -1.70. The zero-order valence-corrected chi connectivity index (χ0v) is 19.1. The normalized spacial score (nSPS) is 35.1. The van der Waals surface area contributed by atoms with Gasteiger partial charge in [-0.05, 0) is 58.9 Å². The lowest BCUT2D eigenvalue weighted by Gasteiger charge is -2.39. The van der Waals surface area contributed by atoms with E-state index >= 15 is 0 Å². The number of ether oxygens (including phenoxy) is 2. The largest absolute Gasteiger partial charge is 0.415 e. The van der Waals surface area contributed by atoms with Crippen molar-refractivity contribution in [2.24, 2.45) is 0 Å². The molecule has 1 unspecified atom stereocenters. The molecule has 2 rings (SSSR count). The van der Waals surface area contributed by atoms with Crippen molar-refractivity contribution in [3.05, 3.63) is 0 Å². The number of hydrogen-bond donors (Lipinski definition) is 0. The van der Waals surface area contributed by atoms with Crippen LogP contribution in [0, 0.1) is 0 Å². The van der Waals surface area contributed by atoms with Gasteiger partial charge in [0.1, 0.15) is 24.4 Å². The van der Waals surface area contributed by atoms with E-state index in [2.05, 4.69) is 58.9 Å². The molecule has 2 heterocycles. The maximum Gasteiger partial charge on any atom is 0.186 e. The van der Waals surface area contributed by atoms with E-state index in [0.717, 1.165) is 0 Å². The average molecular weight is 379 g/mol. The first kappa shape index (κ1) is 19.8. The van der Waals surface area contributed by atoms with Crippen LogP contribution >= 0.6 is 0 Å². The highest BCUT2D eigenvalue weighted by Gasteiger charge is 2.58. The van der Waals surface area contributed by atoms with Gasteiger partial charge in [0.15, 0.2) is 31.2 Å². The fourth-order valence-corrected chi connectivity index (χ4v) is 5.66. The second-order valence-electron chi connectivity index (χ2n) is 9.46. The lowest BCUT2D eigenvalue weighted by molar-refractivity contribution is -0.130. The Morgan fingerprint density at radius 3 is 1.70 bits per heavy atom. The Morgan fingerprint density at radius 2 is 1.22 bits per heavy atom. The van der Waals surface area contributed by atoms with Crippen molar-refractivity contribution in [3.8, 4) is 0 Å². The molecule has 0 spiro atoms. The van der Waals surface area contributed by atoms with Gasteiger partial charge in [-0.15, -0.1) is 0 Å². The highest BCUT2D eigenvalue weighted by atomic mass is 28.4. The Morgan fingerprint density at radius 1 is 0.696 bits per heavy atom. The van der Waals surface area contributed by atoms with Crippen LogP contribution in [0.4, 0.5) is 0 Å². The van der Waals surface area contributed by atoms with Crippen LogP contribution in [0.3, 0.4) is 0 Å². The zero-order valence-electron chi connectivity index (χ0n) is 16.1. The summed E-state index contributed by atoms with van der Waals surface area (Å²) in [7, 11) is -4.96. The quantitative estimate of drug-likeness (QED) is 0.635. The van der Waals surface area contributed by atoms with Crippen LogP contribution in [0.15, 0.2) is 0 Å². The molecule has 0 aromatic heterocycles. The van der Waals surface area contributed by atoms with E-state index in [0.29, 0.717) is 6.61 Å². The van der Waals surface area contributed by atoms with Crippen LogP contribution in [0.1, 0.15) is 0 Å². The predicted octanol–water partition coefficient (Wildman–Crippen LogP) is 3.40. The standard InChI is InChI=1S/C15H34O5Si3/c1-21(2,3)16-10-11-12-13(19-22(4,5)6)14(15(17-11)18-12)20-23(7,8)9/h11-15H,10H2,1-9H3/t11-,12-,13+,14-,15?/m1/s1. The average Bonchev–Trinajstić information content (AvgIpc) is 2.82. The molecule has 136 valence electrons. The molecule has 2 fully saturated rings. The molecular weight excluding hydrogens is 344 g/mol. The molecule has 0 N–H and O–H groups in total. The highest BCUT2D eigenvalue weighted by Crippen LogP contribution is 2.40. The molecule has 0 aromatic rings. The van der Waals surface area contributed by atoms with Gasteiger partial charge in [0.05, 0.1) is 6.61 Å². The summed E-state index contributed by atoms with van der Waals surface area (Å²) < 4.78 is 31.0. The predicted molar refractivity (Wildman–Crippen MR) is 99.3 cm³/mol. The van der Waals surface area contributed by atoms with Gasteiger partial charge in [-0.25, -0.2) is 0 Å². The van der Waals surface area contributed by atoms with Crippen molar-refractivity contribution in [1.29, 1.82) is 0 Å². The molecular formula is C15H34O5Si3. The minimum Gasteiger partial charge on any atom is -0.415 e. The first-order chi connectivity index (χ1) is 10.3. The van der Waals surface area contributed by atoms with Gasteiger partial charge < -0.3 is 22.8 Å². The van der Waals surface area contributed by atoms with Crippen molar-refractivity contribution >= 4 is 25.0 Å². The third-order valence-corrected chi connectivity index (χ3v) is 6.53. The molecule has 0 aromatic carbocycles. The molecule has 0 aliphatic carbocycles. The van der Waals surface area contributed by atoms with Gasteiger partial charge in [0.2, 0.25) is 0 Å². The monoisotopic (exact) mass is 378 g/mol. The van der Waals surface area contributed by atoms with Crippen molar-refractivity contribution in [2.75, 3.05) is 6.61 Å². The Kier molecular flexibility index (Phi) is 5.71. The van der Waals surface area contributed by atoms with Crippen molar-refractivity contribution in [2.45, 2.75) is 89.6 Å². The maximum atomic E-state index is 6.44. The maximum absolute atomic E-state index is 6.44. The summed E-state index contributed by atoms with van der Waals surface area (Å²) in [5, 5.41) is 0. The van der Waals surface area contributed by atoms with Gasteiger partial charge in [0, 0.05) is 0 Å². The molecule has 23 heavy (non-hydrogen) atoms. The molecule has 0 saturated carbocycles. The van der Waals surface area contributed by atoms with Crippen LogP contribution < -0.4 is 0 Å². The topological polar surface area (TPSA) is 46.2 Å². The summed E-state index contributed by atoms with van der Waals surface area (Å²) in [6.45, 7) is 20.3. The summed E-state index contributed by atoms with van der Waals surface area (Å²) >= 11 is 0. The summed E-state index contributed by atoms with van der Waals surface area (Å²) in [5.41, 5.74) is 0. The first-order valence-electron chi connectivity index (χ1n) is 8.56. The van der Waals surface area contributed by atoms with E-state index in [9.17, 15) is 0 Å².